The average Bonchev–Trinajstić information content (AvgIpc) is 2.78. The smallest absolute Gasteiger partial charge is 0.270 e. The lowest BCUT2D eigenvalue weighted by Crippen LogP contribution is -2.41. The van der Waals surface area contributed by atoms with Gasteiger partial charge in [0.1, 0.15) is 17.8 Å². The van der Waals surface area contributed by atoms with Gasteiger partial charge in [0, 0.05) is 24.2 Å². The predicted molar refractivity (Wildman–Crippen MR) is 89.3 cm³/mol. The third-order valence-corrected chi connectivity index (χ3v) is 5.41. The van der Waals surface area contributed by atoms with E-state index in [1.165, 1.54) is 6.33 Å². The molecule has 0 radical (unpaired) electrons. The molecule has 1 unspecified atom stereocenters. The summed E-state index contributed by atoms with van der Waals surface area (Å²) in [5.41, 5.74) is -0.0733. The third-order valence-electron chi connectivity index (χ3n) is 3.66. The molecule has 0 bridgehead atoms. The van der Waals surface area contributed by atoms with Crippen LogP contribution < -0.4 is 10.2 Å². The fourth-order valence-electron chi connectivity index (χ4n) is 2.66. The van der Waals surface area contributed by atoms with E-state index in [0.717, 1.165) is 0 Å². The summed E-state index contributed by atoms with van der Waals surface area (Å²) < 4.78 is 23.4. The Morgan fingerprint density at radius 3 is 2.61 bits per heavy atom. The highest BCUT2D eigenvalue weighted by molar-refractivity contribution is 7.91. The molecule has 1 aliphatic rings. The van der Waals surface area contributed by atoms with Crippen molar-refractivity contribution in [3.63, 3.8) is 0 Å². The van der Waals surface area contributed by atoms with Crippen LogP contribution in [0.2, 0.25) is 0 Å². The molecular formula is C15H24N4O3S. The van der Waals surface area contributed by atoms with Crippen molar-refractivity contribution in [2.45, 2.75) is 45.7 Å². The number of sulfone groups is 1. The van der Waals surface area contributed by atoms with E-state index in [9.17, 15) is 13.2 Å². The molecular weight excluding hydrogens is 316 g/mol. The van der Waals surface area contributed by atoms with Gasteiger partial charge in [-0.2, -0.15) is 0 Å². The minimum absolute atomic E-state index is 0.0987. The van der Waals surface area contributed by atoms with Gasteiger partial charge >= 0.3 is 0 Å². The quantitative estimate of drug-likeness (QED) is 0.880. The second-order valence-electron chi connectivity index (χ2n) is 6.81. The Morgan fingerprint density at radius 2 is 2.09 bits per heavy atom. The summed E-state index contributed by atoms with van der Waals surface area (Å²) in [5, 5.41) is 2.86. The molecule has 2 heterocycles. The minimum Gasteiger partial charge on any atom is -0.353 e. The summed E-state index contributed by atoms with van der Waals surface area (Å²) in [7, 11) is -2.97. The summed E-state index contributed by atoms with van der Waals surface area (Å²) >= 11 is 0. The van der Waals surface area contributed by atoms with Gasteiger partial charge in [-0.15, -0.1) is 0 Å². The van der Waals surface area contributed by atoms with Crippen LogP contribution in [-0.4, -0.2) is 53.9 Å². The number of carbonyl (C=O) groups excluding carboxylic acids is 1. The summed E-state index contributed by atoms with van der Waals surface area (Å²) in [6.45, 7) is 8.26. The first-order chi connectivity index (χ1) is 10.6. The number of rotatable bonds is 4. The predicted octanol–water partition coefficient (Wildman–Crippen LogP) is 1.02. The molecule has 1 fully saturated rings. The van der Waals surface area contributed by atoms with Gasteiger partial charge in [0.05, 0.1) is 11.5 Å². The number of anilines is 1. The fraction of sp³-hybridized carbons (Fsp3) is 0.667. The van der Waals surface area contributed by atoms with Crippen molar-refractivity contribution in [1.29, 1.82) is 0 Å². The number of carbonyl (C=O) groups is 1. The van der Waals surface area contributed by atoms with E-state index in [1.54, 1.807) is 6.07 Å². The summed E-state index contributed by atoms with van der Waals surface area (Å²) in [6, 6.07) is 1.52. The Hall–Kier alpha value is -1.70. The van der Waals surface area contributed by atoms with Crippen molar-refractivity contribution >= 4 is 21.6 Å². The zero-order valence-corrected chi connectivity index (χ0v) is 14.9. The Labute approximate surface area is 137 Å². The SMILES string of the molecule is CCN(c1cc(C(=O)NC(C)(C)C)ncn1)C1CCS(=O)(=O)C1. The van der Waals surface area contributed by atoms with Gasteiger partial charge in [-0.05, 0) is 34.1 Å². The molecule has 1 aromatic rings. The van der Waals surface area contributed by atoms with E-state index in [1.807, 2.05) is 32.6 Å². The van der Waals surface area contributed by atoms with Crippen LogP contribution in [0.4, 0.5) is 5.82 Å². The Kier molecular flexibility index (Phi) is 4.93. The molecule has 1 aromatic heterocycles. The normalized spacial score (nSPS) is 20.3. The van der Waals surface area contributed by atoms with Crippen molar-refractivity contribution in [1.82, 2.24) is 15.3 Å². The van der Waals surface area contributed by atoms with Gasteiger partial charge in [-0.1, -0.05) is 0 Å². The van der Waals surface area contributed by atoms with Crippen LogP contribution in [0.5, 0.6) is 0 Å². The topological polar surface area (TPSA) is 92.3 Å². The number of amides is 1. The highest BCUT2D eigenvalue weighted by atomic mass is 32.2. The zero-order valence-electron chi connectivity index (χ0n) is 14.0. The summed E-state index contributed by atoms with van der Waals surface area (Å²) in [4.78, 5) is 22.4. The highest BCUT2D eigenvalue weighted by Gasteiger charge is 2.32. The van der Waals surface area contributed by atoms with Crippen LogP contribution in [0.25, 0.3) is 0 Å². The first-order valence-corrected chi connectivity index (χ1v) is 9.55. The third kappa shape index (κ3) is 4.63. The van der Waals surface area contributed by atoms with Crippen LogP contribution in [0.15, 0.2) is 12.4 Å². The summed E-state index contributed by atoms with van der Waals surface area (Å²) in [6.07, 6.45) is 1.93. The minimum atomic E-state index is -2.97. The van der Waals surface area contributed by atoms with Crippen molar-refractivity contribution in [2.24, 2.45) is 0 Å². The summed E-state index contributed by atoms with van der Waals surface area (Å²) in [5.74, 6) is 0.658. The number of hydrogen-bond donors (Lipinski definition) is 1. The van der Waals surface area contributed by atoms with Gasteiger partial charge in [0.15, 0.2) is 9.84 Å². The molecule has 1 N–H and O–H groups in total. The molecule has 7 nitrogen and oxygen atoms in total. The highest BCUT2D eigenvalue weighted by Crippen LogP contribution is 2.23. The molecule has 128 valence electrons. The Morgan fingerprint density at radius 1 is 1.39 bits per heavy atom. The van der Waals surface area contributed by atoms with E-state index >= 15 is 0 Å². The first kappa shape index (κ1) is 17.7. The van der Waals surface area contributed by atoms with Crippen LogP contribution >= 0.6 is 0 Å². The Balaban J connectivity index is 2.22. The van der Waals surface area contributed by atoms with Gasteiger partial charge in [0.25, 0.3) is 5.91 Å². The lowest BCUT2D eigenvalue weighted by molar-refractivity contribution is 0.0914. The molecule has 0 aromatic carbocycles. The van der Waals surface area contributed by atoms with E-state index in [4.69, 9.17) is 0 Å². The van der Waals surface area contributed by atoms with Crippen molar-refractivity contribution in [3.8, 4) is 0 Å². The van der Waals surface area contributed by atoms with E-state index in [0.29, 0.717) is 18.8 Å². The number of hydrogen-bond acceptors (Lipinski definition) is 6. The van der Waals surface area contributed by atoms with Crippen molar-refractivity contribution < 1.29 is 13.2 Å². The van der Waals surface area contributed by atoms with Crippen LogP contribution in [0.1, 0.15) is 44.6 Å². The van der Waals surface area contributed by atoms with E-state index < -0.39 is 9.84 Å². The standard InChI is InChI=1S/C15H24N4O3S/c1-5-19(11-6-7-23(21,22)9-11)13-8-12(16-10-17-13)14(20)18-15(2,3)4/h8,10-11H,5-7,9H2,1-4H3,(H,18,20). The fourth-order valence-corrected chi connectivity index (χ4v) is 4.39. The molecule has 1 atom stereocenters. The van der Waals surface area contributed by atoms with E-state index in [2.05, 4.69) is 15.3 Å². The Bertz CT molecular complexity index is 682. The molecule has 0 saturated carbocycles. The maximum Gasteiger partial charge on any atom is 0.270 e. The lowest BCUT2D eigenvalue weighted by Gasteiger charge is -2.28. The van der Waals surface area contributed by atoms with Crippen molar-refractivity contribution in [2.75, 3.05) is 23.0 Å². The second kappa shape index (κ2) is 6.43. The maximum atomic E-state index is 12.2. The monoisotopic (exact) mass is 340 g/mol. The van der Waals surface area contributed by atoms with Crippen LogP contribution in [0, 0.1) is 0 Å². The molecule has 1 saturated heterocycles. The molecule has 0 aliphatic carbocycles. The first-order valence-electron chi connectivity index (χ1n) is 7.73. The average molecular weight is 340 g/mol. The molecule has 23 heavy (non-hydrogen) atoms. The second-order valence-corrected chi connectivity index (χ2v) is 9.04. The number of nitrogens with one attached hydrogen (secondary N) is 1. The molecule has 1 amide bonds. The zero-order chi connectivity index (χ0) is 17.3. The largest absolute Gasteiger partial charge is 0.353 e. The van der Waals surface area contributed by atoms with Gasteiger partial charge in [-0.25, -0.2) is 18.4 Å². The molecule has 1 aliphatic heterocycles. The molecule has 0 spiro atoms. The number of nitrogens with zero attached hydrogens (tertiary/aromatic N) is 3. The van der Waals surface area contributed by atoms with E-state index in [-0.39, 0.29) is 34.7 Å². The van der Waals surface area contributed by atoms with Crippen molar-refractivity contribution in [3.05, 3.63) is 18.1 Å². The maximum absolute atomic E-state index is 12.2. The van der Waals surface area contributed by atoms with Crippen LogP contribution in [-0.2, 0) is 9.84 Å². The lowest BCUT2D eigenvalue weighted by atomic mass is 10.1. The van der Waals surface area contributed by atoms with Gasteiger partial charge in [-0.3, -0.25) is 4.79 Å². The molecule has 8 heteroatoms. The van der Waals surface area contributed by atoms with Gasteiger partial charge < -0.3 is 10.2 Å². The van der Waals surface area contributed by atoms with Crippen LogP contribution in [0.3, 0.4) is 0 Å². The number of aromatic nitrogens is 2. The van der Waals surface area contributed by atoms with Gasteiger partial charge in [0.2, 0.25) is 0 Å². The molecule has 2 rings (SSSR count).